The number of ether oxygens (including phenoxy) is 1. The summed E-state index contributed by atoms with van der Waals surface area (Å²) >= 11 is 1.63. The van der Waals surface area contributed by atoms with Crippen LogP contribution in [-0.2, 0) is 14.3 Å². The maximum absolute atomic E-state index is 13.2. The summed E-state index contributed by atoms with van der Waals surface area (Å²) in [5.74, 6) is -1.22. The summed E-state index contributed by atoms with van der Waals surface area (Å²) in [5.41, 5.74) is 2.53. The fourth-order valence-corrected chi connectivity index (χ4v) is 3.87. The number of hydrogen-bond donors (Lipinski definition) is 0. The molecule has 2 heterocycles. The first-order valence-electron chi connectivity index (χ1n) is 8.21. The van der Waals surface area contributed by atoms with E-state index in [1.54, 1.807) is 11.8 Å². The maximum Gasteiger partial charge on any atom is 0.336 e. The molecule has 0 fully saturated rings. The second-order valence-electron chi connectivity index (χ2n) is 6.17. The Kier molecular flexibility index (Phi) is 4.28. The molecular formula is C20H16FNO3S. The van der Waals surface area contributed by atoms with E-state index in [4.69, 9.17) is 4.74 Å². The first kappa shape index (κ1) is 16.8. The molecule has 0 saturated carbocycles. The molecule has 4 nitrogen and oxygen atoms in total. The topological polar surface area (TPSA) is 46.6 Å². The van der Waals surface area contributed by atoms with Crippen LogP contribution in [0.1, 0.15) is 17.9 Å². The smallest absolute Gasteiger partial charge is 0.336 e. The molecule has 0 aromatic heterocycles. The van der Waals surface area contributed by atoms with Gasteiger partial charge < -0.3 is 4.74 Å². The highest BCUT2D eigenvalue weighted by Crippen LogP contribution is 2.42. The average Bonchev–Trinajstić information content (AvgIpc) is 3.04. The highest BCUT2D eigenvalue weighted by Gasteiger charge is 2.42. The minimum atomic E-state index is -0.390. The molecule has 6 heteroatoms. The number of anilines is 1. The highest BCUT2D eigenvalue weighted by molar-refractivity contribution is 7.98. The molecule has 26 heavy (non-hydrogen) atoms. The lowest BCUT2D eigenvalue weighted by atomic mass is 9.84. The van der Waals surface area contributed by atoms with Crippen LogP contribution < -0.4 is 4.90 Å². The molecule has 4 rings (SSSR count). The van der Waals surface area contributed by atoms with Crippen LogP contribution in [0.25, 0.3) is 0 Å². The number of nitrogens with zero attached hydrogens (tertiary/aromatic N) is 1. The van der Waals surface area contributed by atoms with Gasteiger partial charge in [0.15, 0.2) is 0 Å². The lowest BCUT2D eigenvalue weighted by Gasteiger charge is -2.31. The lowest BCUT2D eigenvalue weighted by Crippen LogP contribution is -2.37. The fourth-order valence-electron chi connectivity index (χ4n) is 3.46. The van der Waals surface area contributed by atoms with Crippen molar-refractivity contribution in [2.24, 2.45) is 0 Å². The van der Waals surface area contributed by atoms with E-state index in [-0.39, 0.29) is 30.7 Å². The largest absolute Gasteiger partial charge is 0.456 e. The van der Waals surface area contributed by atoms with Crippen molar-refractivity contribution in [3.63, 3.8) is 0 Å². The van der Waals surface area contributed by atoms with E-state index in [9.17, 15) is 14.0 Å². The van der Waals surface area contributed by atoms with Crippen molar-refractivity contribution in [2.45, 2.75) is 17.2 Å². The number of carbonyl (C=O) groups excluding carboxylic acids is 2. The van der Waals surface area contributed by atoms with E-state index in [0.717, 1.165) is 10.5 Å². The third-order valence-corrected chi connectivity index (χ3v) is 5.46. The Morgan fingerprint density at radius 1 is 1.08 bits per heavy atom. The average molecular weight is 369 g/mol. The standard InChI is InChI=1S/C20H16FNO3S/c1-26-15-8-2-12(3-9-15)16-10-18(23)22(14-6-4-13(21)5-7-14)17-11-25-20(24)19(16)17/h2-9,16H,10-11H2,1H3. The molecule has 0 saturated heterocycles. The molecule has 2 aromatic rings. The molecule has 0 bridgehead atoms. The van der Waals surface area contributed by atoms with Gasteiger partial charge in [0.2, 0.25) is 5.91 Å². The number of halogens is 1. The van der Waals surface area contributed by atoms with Crippen molar-refractivity contribution < 1.29 is 18.7 Å². The molecule has 0 radical (unpaired) electrons. The number of thioether (sulfide) groups is 1. The van der Waals surface area contributed by atoms with Crippen LogP contribution in [0.2, 0.25) is 0 Å². The minimum absolute atomic E-state index is 0.0523. The van der Waals surface area contributed by atoms with E-state index < -0.39 is 5.97 Å². The Morgan fingerprint density at radius 2 is 1.77 bits per heavy atom. The SMILES string of the molecule is CSc1ccc(C2CC(=O)N(c3ccc(F)cc3)C3=C2C(=O)OC3)cc1. The van der Waals surface area contributed by atoms with Gasteiger partial charge in [-0.15, -0.1) is 11.8 Å². The zero-order valence-electron chi connectivity index (χ0n) is 14.1. The quantitative estimate of drug-likeness (QED) is 0.609. The Labute approximate surface area is 154 Å². The van der Waals surface area contributed by atoms with E-state index in [0.29, 0.717) is 17.0 Å². The Morgan fingerprint density at radius 3 is 2.42 bits per heavy atom. The van der Waals surface area contributed by atoms with Gasteiger partial charge >= 0.3 is 5.97 Å². The predicted molar refractivity (Wildman–Crippen MR) is 97.5 cm³/mol. The second-order valence-corrected chi connectivity index (χ2v) is 7.05. The lowest BCUT2D eigenvalue weighted by molar-refractivity contribution is -0.136. The van der Waals surface area contributed by atoms with Gasteiger partial charge in [-0.3, -0.25) is 9.69 Å². The molecule has 0 aliphatic carbocycles. The summed E-state index contributed by atoms with van der Waals surface area (Å²) in [6.45, 7) is 0.0523. The second kappa shape index (κ2) is 6.61. The predicted octanol–water partition coefficient (Wildman–Crippen LogP) is 3.88. The van der Waals surface area contributed by atoms with Gasteiger partial charge in [-0.05, 0) is 48.2 Å². The normalized spacial score (nSPS) is 19.6. The maximum atomic E-state index is 13.2. The van der Waals surface area contributed by atoms with Crippen LogP contribution in [0.15, 0.2) is 64.7 Å². The number of cyclic esters (lactones) is 1. The third-order valence-electron chi connectivity index (χ3n) is 4.72. The number of hydrogen-bond acceptors (Lipinski definition) is 4. The van der Waals surface area contributed by atoms with Crippen LogP contribution in [0, 0.1) is 5.82 Å². The van der Waals surface area contributed by atoms with Crippen LogP contribution in [0.3, 0.4) is 0 Å². The number of esters is 1. The van der Waals surface area contributed by atoms with Crippen molar-refractivity contribution in [2.75, 3.05) is 17.8 Å². The Bertz CT molecular complexity index is 906. The number of benzene rings is 2. The molecule has 0 spiro atoms. The van der Waals surface area contributed by atoms with Crippen molar-refractivity contribution in [1.82, 2.24) is 0 Å². The zero-order valence-corrected chi connectivity index (χ0v) is 14.9. The molecule has 2 aromatic carbocycles. The molecule has 1 amide bonds. The summed E-state index contributed by atoms with van der Waals surface area (Å²) < 4.78 is 18.5. The minimum Gasteiger partial charge on any atom is -0.456 e. The van der Waals surface area contributed by atoms with Crippen molar-refractivity contribution in [3.8, 4) is 0 Å². The van der Waals surface area contributed by atoms with Gasteiger partial charge in [0.1, 0.15) is 12.4 Å². The summed E-state index contributed by atoms with van der Waals surface area (Å²) in [6, 6.07) is 13.5. The van der Waals surface area contributed by atoms with Crippen LogP contribution in [-0.4, -0.2) is 24.7 Å². The van der Waals surface area contributed by atoms with Gasteiger partial charge in [0.25, 0.3) is 0 Å². The molecular weight excluding hydrogens is 353 g/mol. The van der Waals surface area contributed by atoms with Crippen molar-refractivity contribution in [3.05, 3.63) is 71.2 Å². The van der Waals surface area contributed by atoms with Crippen LogP contribution in [0.4, 0.5) is 10.1 Å². The Balaban J connectivity index is 1.78. The van der Waals surface area contributed by atoms with E-state index >= 15 is 0 Å². The van der Waals surface area contributed by atoms with Gasteiger partial charge in [0, 0.05) is 22.9 Å². The van der Waals surface area contributed by atoms with Gasteiger partial charge in [0.05, 0.1) is 11.3 Å². The van der Waals surface area contributed by atoms with Crippen molar-refractivity contribution >= 4 is 29.3 Å². The molecule has 2 aliphatic rings. The summed E-state index contributed by atoms with van der Waals surface area (Å²) in [5, 5.41) is 0. The first-order chi connectivity index (χ1) is 12.6. The molecule has 0 N–H and O–H groups in total. The third kappa shape index (κ3) is 2.80. The molecule has 1 atom stereocenters. The summed E-state index contributed by atoms with van der Waals surface area (Å²) in [4.78, 5) is 27.8. The molecule has 2 aliphatic heterocycles. The van der Waals surface area contributed by atoms with Gasteiger partial charge in [-0.1, -0.05) is 12.1 Å². The van der Waals surface area contributed by atoms with E-state index in [2.05, 4.69) is 0 Å². The van der Waals surface area contributed by atoms with Gasteiger partial charge in [-0.2, -0.15) is 0 Å². The number of carbonyl (C=O) groups is 2. The Hall–Kier alpha value is -2.60. The summed E-state index contributed by atoms with van der Waals surface area (Å²) in [7, 11) is 0. The molecule has 1 unspecified atom stereocenters. The summed E-state index contributed by atoms with van der Waals surface area (Å²) in [6.07, 6.45) is 2.17. The number of rotatable bonds is 3. The highest BCUT2D eigenvalue weighted by atomic mass is 32.2. The zero-order chi connectivity index (χ0) is 18.3. The van der Waals surface area contributed by atoms with E-state index in [1.165, 1.54) is 29.2 Å². The fraction of sp³-hybridized carbons (Fsp3) is 0.200. The van der Waals surface area contributed by atoms with Crippen LogP contribution in [0.5, 0.6) is 0 Å². The van der Waals surface area contributed by atoms with Crippen molar-refractivity contribution in [1.29, 1.82) is 0 Å². The first-order valence-corrected chi connectivity index (χ1v) is 9.43. The van der Waals surface area contributed by atoms with Crippen LogP contribution >= 0.6 is 11.8 Å². The number of amides is 1. The molecule has 132 valence electrons. The monoisotopic (exact) mass is 369 g/mol. The van der Waals surface area contributed by atoms with E-state index in [1.807, 2.05) is 30.5 Å². The van der Waals surface area contributed by atoms with Gasteiger partial charge in [-0.25, -0.2) is 9.18 Å².